The molecule has 0 aliphatic carbocycles. The SMILES string of the molecule is CC(C)N(CC(=O)N1CC(=O)N(c2cccc(Cl)c2)C1)C(=O)c1ccncc1. The zero-order valence-corrected chi connectivity index (χ0v) is 16.5. The second-order valence-electron chi connectivity index (χ2n) is 6.80. The number of carbonyl (C=O) groups excluding carboxylic acids is 3. The Bertz CT molecular complexity index is 888. The molecule has 3 amide bonds. The van der Waals surface area contributed by atoms with Gasteiger partial charge < -0.3 is 9.80 Å². The Morgan fingerprint density at radius 2 is 1.93 bits per heavy atom. The summed E-state index contributed by atoms with van der Waals surface area (Å²) in [5.41, 5.74) is 1.11. The lowest BCUT2D eigenvalue weighted by Crippen LogP contribution is -2.45. The lowest BCUT2D eigenvalue weighted by Gasteiger charge is -2.28. The first kappa shape index (κ1) is 19.8. The van der Waals surface area contributed by atoms with Crippen molar-refractivity contribution >= 4 is 35.0 Å². The molecule has 28 heavy (non-hydrogen) atoms. The van der Waals surface area contributed by atoms with E-state index in [-0.39, 0.29) is 43.5 Å². The van der Waals surface area contributed by atoms with E-state index in [0.717, 1.165) is 0 Å². The van der Waals surface area contributed by atoms with E-state index in [9.17, 15) is 14.4 Å². The van der Waals surface area contributed by atoms with E-state index in [0.29, 0.717) is 16.3 Å². The highest BCUT2D eigenvalue weighted by Crippen LogP contribution is 2.23. The summed E-state index contributed by atoms with van der Waals surface area (Å²) in [6.45, 7) is 3.70. The second kappa shape index (κ2) is 8.39. The molecule has 0 bridgehead atoms. The van der Waals surface area contributed by atoms with Crippen molar-refractivity contribution in [3.63, 3.8) is 0 Å². The zero-order valence-electron chi connectivity index (χ0n) is 15.7. The van der Waals surface area contributed by atoms with E-state index < -0.39 is 0 Å². The Morgan fingerprint density at radius 1 is 1.21 bits per heavy atom. The van der Waals surface area contributed by atoms with E-state index in [2.05, 4.69) is 4.98 Å². The summed E-state index contributed by atoms with van der Waals surface area (Å²) in [6, 6.07) is 9.98. The number of hydrogen-bond donors (Lipinski definition) is 0. The molecule has 0 N–H and O–H groups in total. The molecule has 1 fully saturated rings. The van der Waals surface area contributed by atoms with Gasteiger partial charge in [-0.15, -0.1) is 0 Å². The van der Waals surface area contributed by atoms with Gasteiger partial charge in [-0.2, -0.15) is 0 Å². The van der Waals surface area contributed by atoms with Crippen molar-refractivity contribution in [3.8, 4) is 0 Å². The fourth-order valence-corrected chi connectivity index (χ4v) is 3.16. The van der Waals surface area contributed by atoms with Crippen LogP contribution in [-0.4, -0.2) is 58.3 Å². The monoisotopic (exact) mass is 400 g/mol. The minimum absolute atomic E-state index is 0.0271. The highest BCUT2D eigenvalue weighted by molar-refractivity contribution is 6.31. The van der Waals surface area contributed by atoms with Crippen LogP contribution in [0.15, 0.2) is 48.8 Å². The molecule has 2 heterocycles. The van der Waals surface area contributed by atoms with E-state index in [1.165, 1.54) is 27.1 Å². The van der Waals surface area contributed by atoms with Crippen LogP contribution in [0.3, 0.4) is 0 Å². The molecule has 1 saturated heterocycles. The number of benzene rings is 1. The molecule has 7 nitrogen and oxygen atoms in total. The number of amides is 3. The molecule has 8 heteroatoms. The van der Waals surface area contributed by atoms with Gasteiger partial charge in [-0.25, -0.2) is 0 Å². The Labute approximate surface area is 168 Å². The maximum Gasteiger partial charge on any atom is 0.254 e. The van der Waals surface area contributed by atoms with Gasteiger partial charge in [0, 0.05) is 34.7 Å². The summed E-state index contributed by atoms with van der Waals surface area (Å²) in [7, 11) is 0. The summed E-state index contributed by atoms with van der Waals surface area (Å²) in [5.74, 6) is -0.718. The minimum atomic E-state index is -0.283. The zero-order chi connectivity index (χ0) is 20.3. The van der Waals surface area contributed by atoms with Crippen LogP contribution in [0.4, 0.5) is 5.69 Å². The quantitative estimate of drug-likeness (QED) is 0.772. The first-order valence-corrected chi connectivity index (χ1v) is 9.29. The maximum atomic E-state index is 12.8. The molecule has 1 aliphatic heterocycles. The Kier molecular flexibility index (Phi) is 5.94. The first-order chi connectivity index (χ1) is 13.4. The number of halogens is 1. The maximum absolute atomic E-state index is 12.8. The van der Waals surface area contributed by atoms with Gasteiger partial charge in [-0.05, 0) is 44.2 Å². The molecule has 0 saturated carbocycles. The number of anilines is 1. The van der Waals surface area contributed by atoms with Crippen molar-refractivity contribution in [2.75, 3.05) is 24.7 Å². The largest absolute Gasteiger partial charge is 0.327 e. The molecule has 3 rings (SSSR count). The van der Waals surface area contributed by atoms with Crippen LogP contribution in [0.5, 0.6) is 0 Å². The summed E-state index contributed by atoms with van der Waals surface area (Å²) < 4.78 is 0. The average molecular weight is 401 g/mol. The van der Waals surface area contributed by atoms with Crippen molar-refractivity contribution < 1.29 is 14.4 Å². The topological polar surface area (TPSA) is 73.8 Å². The molecule has 146 valence electrons. The number of hydrogen-bond acceptors (Lipinski definition) is 4. The third-order valence-electron chi connectivity index (χ3n) is 4.53. The number of nitrogens with zero attached hydrogens (tertiary/aromatic N) is 4. The number of carbonyl (C=O) groups is 3. The molecule has 2 aromatic rings. The van der Waals surface area contributed by atoms with Crippen molar-refractivity contribution in [2.24, 2.45) is 0 Å². The Morgan fingerprint density at radius 3 is 2.57 bits per heavy atom. The lowest BCUT2D eigenvalue weighted by molar-refractivity contribution is -0.132. The van der Waals surface area contributed by atoms with Crippen LogP contribution in [0, 0.1) is 0 Å². The predicted octanol–water partition coefficient (Wildman–Crippen LogP) is 2.42. The summed E-state index contributed by atoms with van der Waals surface area (Å²) in [5, 5.41) is 0.518. The van der Waals surface area contributed by atoms with Gasteiger partial charge in [0.1, 0.15) is 19.8 Å². The van der Waals surface area contributed by atoms with Gasteiger partial charge in [-0.3, -0.25) is 24.3 Å². The standard InChI is InChI=1S/C20H21ClN4O3/c1-14(2)24(20(28)15-6-8-22-9-7-15)12-18(26)23-11-19(27)25(13-23)17-5-3-4-16(21)10-17/h3-10,14H,11-13H2,1-2H3. The van der Waals surface area contributed by atoms with Gasteiger partial charge in [0.25, 0.3) is 5.91 Å². The molecule has 0 radical (unpaired) electrons. The van der Waals surface area contributed by atoms with Crippen LogP contribution in [0.25, 0.3) is 0 Å². The molecule has 1 aromatic heterocycles. The summed E-state index contributed by atoms with van der Waals surface area (Å²) >= 11 is 6.00. The van der Waals surface area contributed by atoms with E-state index in [1.54, 1.807) is 36.4 Å². The highest BCUT2D eigenvalue weighted by atomic mass is 35.5. The van der Waals surface area contributed by atoms with Gasteiger partial charge in [0.2, 0.25) is 11.8 Å². The van der Waals surface area contributed by atoms with Gasteiger partial charge >= 0.3 is 0 Å². The lowest BCUT2D eigenvalue weighted by atomic mass is 10.2. The fourth-order valence-electron chi connectivity index (χ4n) is 2.98. The second-order valence-corrected chi connectivity index (χ2v) is 7.23. The third-order valence-corrected chi connectivity index (χ3v) is 4.76. The Hall–Kier alpha value is -2.93. The van der Waals surface area contributed by atoms with E-state index in [4.69, 9.17) is 11.6 Å². The molecule has 1 aliphatic rings. The van der Waals surface area contributed by atoms with Crippen molar-refractivity contribution in [1.82, 2.24) is 14.8 Å². The molecule has 0 atom stereocenters. The van der Waals surface area contributed by atoms with Crippen LogP contribution < -0.4 is 4.90 Å². The predicted molar refractivity (Wildman–Crippen MR) is 106 cm³/mol. The first-order valence-electron chi connectivity index (χ1n) is 8.91. The summed E-state index contributed by atoms with van der Waals surface area (Å²) in [6.07, 6.45) is 3.07. The van der Waals surface area contributed by atoms with Gasteiger partial charge in [0.05, 0.1) is 0 Å². The van der Waals surface area contributed by atoms with Gasteiger partial charge in [0.15, 0.2) is 0 Å². The van der Waals surface area contributed by atoms with E-state index in [1.807, 2.05) is 13.8 Å². The highest BCUT2D eigenvalue weighted by Gasteiger charge is 2.33. The van der Waals surface area contributed by atoms with Crippen molar-refractivity contribution in [3.05, 3.63) is 59.4 Å². The van der Waals surface area contributed by atoms with Crippen molar-refractivity contribution in [1.29, 1.82) is 0 Å². The number of aromatic nitrogens is 1. The molecular weight excluding hydrogens is 380 g/mol. The van der Waals surface area contributed by atoms with Crippen LogP contribution in [0.2, 0.25) is 5.02 Å². The van der Waals surface area contributed by atoms with Crippen molar-refractivity contribution in [2.45, 2.75) is 19.9 Å². The van der Waals surface area contributed by atoms with Crippen LogP contribution >= 0.6 is 11.6 Å². The van der Waals surface area contributed by atoms with Crippen LogP contribution in [-0.2, 0) is 9.59 Å². The van der Waals surface area contributed by atoms with Crippen LogP contribution in [0.1, 0.15) is 24.2 Å². The number of rotatable bonds is 5. The molecule has 0 spiro atoms. The Balaban J connectivity index is 1.71. The minimum Gasteiger partial charge on any atom is -0.327 e. The third kappa shape index (κ3) is 4.31. The molecule has 0 unspecified atom stereocenters. The molecular formula is C20H21ClN4O3. The average Bonchev–Trinajstić information content (AvgIpc) is 3.07. The summed E-state index contributed by atoms with van der Waals surface area (Å²) in [4.78, 5) is 46.3. The molecule has 1 aromatic carbocycles. The number of pyridine rings is 1. The smallest absolute Gasteiger partial charge is 0.254 e. The normalized spacial score (nSPS) is 13.9. The van der Waals surface area contributed by atoms with Gasteiger partial charge in [-0.1, -0.05) is 17.7 Å². The van der Waals surface area contributed by atoms with E-state index >= 15 is 0 Å². The fraction of sp³-hybridized carbons (Fsp3) is 0.300.